The van der Waals surface area contributed by atoms with Crippen LogP contribution in [-0.4, -0.2) is 49.4 Å². The fraction of sp³-hybridized carbons (Fsp3) is 0.652. The molecule has 5 aliphatic rings. The highest BCUT2D eigenvalue weighted by Gasteiger charge is 2.58. The van der Waals surface area contributed by atoms with Gasteiger partial charge in [0.05, 0.1) is 27.6 Å². The van der Waals surface area contributed by atoms with Crippen LogP contribution in [0.2, 0.25) is 10.0 Å². The molecule has 0 radical (unpaired) electrons. The summed E-state index contributed by atoms with van der Waals surface area (Å²) in [5.74, 6) is 0.799. The summed E-state index contributed by atoms with van der Waals surface area (Å²) in [6, 6.07) is 6.26. The van der Waals surface area contributed by atoms with Gasteiger partial charge in [-0.05, 0) is 81.4 Å². The van der Waals surface area contributed by atoms with Crippen molar-refractivity contribution < 1.29 is 13.2 Å². The summed E-state index contributed by atoms with van der Waals surface area (Å²) in [6.45, 7) is 0.817. The van der Waals surface area contributed by atoms with E-state index in [0.29, 0.717) is 29.8 Å². The first-order chi connectivity index (χ1) is 15.6. The molecule has 5 fully saturated rings. The van der Waals surface area contributed by atoms with Crippen molar-refractivity contribution in [1.29, 1.82) is 5.26 Å². The molecule has 10 heteroatoms. The largest absolute Gasteiger partial charge is 0.326 e. The van der Waals surface area contributed by atoms with E-state index >= 15 is 0 Å². The van der Waals surface area contributed by atoms with E-state index < -0.39 is 15.6 Å². The molecule has 33 heavy (non-hydrogen) atoms. The number of carbonyl (C=O) groups is 1. The van der Waals surface area contributed by atoms with E-state index in [9.17, 15) is 18.5 Å². The van der Waals surface area contributed by atoms with Gasteiger partial charge >= 0.3 is 0 Å². The predicted molar refractivity (Wildman–Crippen MR) is 125 cm³/mol. The van der Waals surface area contributed by atoms with Crippen molar-refractivity contribution in [3.05, 3.63) is 28.2 Å². The molecule has 2 unspecified atom stereocenters. The third-order valence-corrected chi connectivity index (χ3v) is 10.3. The topological polar surface area (TPSA) is 102 Å². The van der Waals surface area contributed by atoms with Crippen LogP contribution in [0.3, 0.4) is 0 Å². The van der Waals surface area contributed by atoms with Gasteiger partial charge in [-0.2, -0.15) is 5.26 Å². The molecule has 0 aromatic heterocycles. The molecule has 4 bridgehead atoms. The summed E-state index contributed by atoms with van der Waals surface area (Å²) >= 11 is 12.0. The number of halogens is 2. The van der Waals surface area contributed by atoms with Crippen molar-refractivity contribution in [2.75, 3.05) is 13.1 Å². The van der Waals surface area contributed by atoms with Crippen LogP contribution in [0.1, 0.15) is 51.4 Å². The number of hydrogen-bond acceptors (Lipinski definition) is 5. The molecule has 2 N–H and O–H groups in total. The molecule has 1 aromatic rings. The van der Waals surface area contributed by atoms with Crippen molar-refractivity contribution in [3.8, 4) is 6.07 Å². The molecule has 178 valence electrons. The van der Waals surface area contributed by atoms with Gasteiger partial charge in [0.2, 0.25) is 15.9 Å². The Balaban J connectivity index is 1.33. The van der Waals surface area contributed by atoms with Crippen molar-refractivity contribution in [1.82, 2.24) is 14.9 Å². The van der Waals surface area contributed by atoms with Gasteiger partial charge in [-0.15, -0.1) is 0 Å². The Morgan fingerprint density at radius 1 is 1.15 bits per heavy atom. The standard InChI is InChI=1S/C23H28Cl2N4O3S/c24-19-4-3-18(7-20(19)25)33(31,32)28-23-10-15-6-16(11-23)9-22(8-15,14-23)27-13-21(30)29-5-1-2-17(29)12-26/h3-4,7,15-17,27-28H,1-2,5-6,8-11,13-14H2/t15?,16?,17-,22?,23?/m0/s1. The second kappa shape index (κ2) is 8.39. The molecule has 0 spiro atoms. The highest BCUT2D eigenvalue weighted by Crippen LogP contribution is 2.57. The molecule has 1 amide bonds. The van der Waals surface area contributed by atoms with Gasteiger partial charge in [0, 0.05) is 17.6 Å². The number of hydrogen-bond donors (Lipinski definition) is 2. The molecule has 6 rings (SSSR count). The minimum atomic E-state index is -3.78. The maximum Gasteiger partial charge on any atom is 0.241 e. The quantitative estimate of drug-likeness (QED) is 0.609. The van der Waals surface area contributed by atoms with E-state index in [0.717, 1.165) is 44.9 Å². The van der Waals surface area contributed by atoms with Gasteiger partial charge in [-0.25, -0.2) is 13.1 Å². The smallest absolute Gasteiger partial charge is 0.241 e. The lowest BCUT2D eigenvalue weighted by Crippen LogP contribution is -2.69. The number of amides is 1. The van der Waals surface area contributed by atoms with Crippen LogP contribution in [-0.2, 0) is 14.8 Å². The number of nitrogens with zero attached hydrogens (tertiary/aromatic N) is 2. The highest BCUT2D eigenvalue weighted by molar-refractivity contribution is 7.89. The van der Waals surface area contributed by atoms with Crippen molar-refractivity contribution in [3.63, 3.8) is 0 Å². The first-order valence-electron chi connectivity index (χ1n) is 11.6. The fourth-order valence-corrected chi connectivity index (χ4v) is 8.95. The van der Waals surface area contributed by atoms with Gasteiger partial charge in [0.15, 0.2) is 0 Å². The summed E-state index contributed by atoms with van der Waals surface area (Å²) in [4.78, 5) is 14.6. The Kier molecular flexibility index (Phi) is 5.94. The molecule has 4 aliphatic carbocycles. The van der Waals surface area contributed by atoms with E-state index in [1.165, 1.54) is 18.2 Å². The second-order valence-electron chi connectivity index (χ2n) is 10.4. The lowest BCUT2D eigenvalue weighted by atomic mass is 9.50. The first-order valence-corrected chi connectivity index (χ1v) is 13.8. The zero-order valence-electron chi connectivity index (χ0n) is 18.3. The molecule has 1 aromatic carbocycles. The number of benzene rings is 1. The third-order valence-electron chi connectivity index (χ3n) is 7.95. The lowest BCUT2D eigenvalue weighted by molar-refractivity contribution is -0.131. The van der Waals surface area contributed by atoms with E-state index in [2.05, 4.69) is 16.1 Å². The van der Waals surface area contributed by atoms with E-state index in [1.807, 2.05) is 0 Å². The first kappa shape index (κ1) is 23.4. The summed E-state index contributed by atoms with van der Waals surface area (Å²) < 4.78 is 29.6. The summed E-state index contributed by atoms with van der Waals surface area (Å²) in [6.07, 6.45) is 6.88. The number of nitrogens with one attached hydrogen (secondary N) is 2. The summed E-state index contributed by atoms with van der Waals surface area (Å²) in [7, 11) is -3.78. The Hall–Kier alpha value is -1.37. The SMILES string of the molecule is N#C[C@@H]1CCCN1C(=O)CNC12CC3CC(C1)CC(NS(=O)(=O)c1ccc(Cl)c(Cl)c1)(C3)C2. The van der Waals surface area contributed by atoms with Crippen LogP contribution < -0.4 is 10.0 Å². The lowest BCUT2D eigenvalue weighted by Gasteiger charge is -2.62. The van der Waals surface area contributed by atoms with Crippen molar-refractivity contribution in [2.24, 2.45) is 11.8 Å². The molecular formula is C23H28Cl2N4O3S. The highest BCUT2D eigenvalue weighted by atomic mass is 35.5. The van der Waals surface area contributed by atoms with Crippen LogP contribution in [0.5, 0.6) is 0 Å². The second-order valence-corrected chi connectivity index (χ2v) is 12.9. The van der Waals surface area contributed by atoms with E-state index in [-0.39, 0.29) is 34.0 Å². The molecule has 1 heterocycles. The van der Waals surface area contributed by atoms with Crippen molar-refractivity contribution >= 4 is 39.1 Å². The fourth-order valence-electron chi connectivity index (χ4n) is 7.14. The van der Waals surface area contributed by atoms with Crippen LogP contribution in [0.25, 0.3) is 0 Å². The number of rotatable bonds is 6. The molecule has 3 atom stereocenters. The zero-order chi connectivity index (χ0) is 23.4. The van der Waals surface area contributed by atoms with Gasteiger partial charge in [0.1, 0.15) is 6.04 Å². The van der Waals surface area contributed by atoms with Crippen LogP contribution >= 0.6 is 23.2 Å². The Morgan fingerprint density at radius 3 is 2.52 bits per heavy atom. The number of sulfonamides is 1. The average molecular weight is 511 g/mol. The molecule has 4 saturated carbocycles. The summed E-state index contributed by atoms with van der Waals surface area (Å²) in [5.41, 5.74) is -0.796. The van der Waals surface area contributed by atoms with Crippen LogP contribution in [0, 0.1) is 23.2 Å². The Morgan fingerprint density at radius 2 is 1.85 bits per heavy atom. The zero-order valence-corrected chi connectivity index (χ0v) is 20.6. The molecule has 1 aliphatic heterocycles. The Labute approximate surface area is 204 Å². The normalized spacial score (nSPS) is 35.1. The number of nitriles is 1. The molecular weight excluding hydrogens is 483 g/mol. The summed E-state index contributed by atoms with van der Waals surface area (Å²) in [5, 5.41) is 13.4. The van der Waals surface area contributed by atoms with Gasteiger partial charge < -0.3 is 10.2 Å². The predicted octanol–water partition coefficient (Wildman–Crippen LogP) is 3.47. The Bertz CT molecular complexity index is 1110. The van der Waals surface area contributed by atoms with Gasteiger partial charge in [0.25, 0.3) is 0 Å². The maximum atomic E-state index is 13.3. The average Bonchev–Trinajstić information content (AvgIpc) is 3.21. The van der Waals surface area contributed by atoms with Gasteiger partial charge in [-0.3, -0.25) is 4.79 Å². The monoisotopic (exact) mass is 510 g/mol. The van der Waals surface area contributed by atoms with Crippen molar-refractivity contribution in [2.45, 2.75) is 73.4 Å². The van der Waals surface area contributed by atoms with E-state index in [4.69, 9.17) is 23.2 Å². The maximum absolute atomic E-state index is 13.3. The minimum Gasteiger partial charge on any atom is -0.326 e. The molecule has 1 saturated heterocycles. The van der Waals surface area contributed by atoms with Crippen LogP contribution in [0.15, 0.2) is 23.1 Å². The number of carbonyl (C=O) groups excluding carboxylic acids is 1. The number of likely N-dealkylation sites (tertiary alicyclic amines) is 1. The van der Waals surface area contributed by atoms with Gasteiger partial charge in [-0.1, -0.05) is 23.2 Å². The minimum absolute atomic E-state index is 0.0415. The third kappa shape index (κ3) is 4.39. The molecule has 7 nitrogen and oxygen atoms in total. The van der Waals surface area contributed by atoms with E-state index in [1.54, 1.807) is 4.90 Å². The van der Waals surface area contributed by atoms with Crippen LogP contribution in [0.4, 0.5) is 0 Å².